The molecule has 1 unspecified atom stereocenters. The van der Waals surface area contributed by atoms with Crippen molar-refractivity contribution in [2.24, 2.45) is 0 Å². The lowest BCUT2D eigenvalue weighted by molar-refractivity contribution is 0.0855. The van der Waals surface area contributed by atoms with Crippen molar-refractivity contribution in [3.8, 4) is 0 Å². The summed E-state index contributed by atoms with van der Waals surface area (Å²) in [4.78, 5) is 0.752. The molecule has 0 radical (unpaired) electrons. The van der Waals surface area contributed by atoms with Gasteiger partial charge in [0.2, 0.25) is 0 Å². The molecule has 5 heteroatoms. The molecule has 0 heterocycles. The van der Waals surface area contributed by atoms with Gasteiger partial charge in [-0.2, -0.15) is 0 Å². The molecule has 1 atom stereocenters. The van der Waals surface area contributed by atoms with E-state index in [1.54, 1.807) is 7.11 Å². The van der Waals surface area contributed by atoms with Gasteiger partial charge < -0.3 is 14.2 Å². The molecule has 0 amide bonds. The van der Waals surface area contributed by atoms with Crippen LogP contribution in [0.3, 0.4) is 0 Å². The minimum Gasteiger partial charge on any atom is -0.382 e. The summed E-state index contributed by atoms with van der Waals surface area (Å²) in [5.74, 6) is 0. The third-order valence-electron chi connectivity index (χ3n) is 3.34. The molecule has 4 nitrogen and oxygen atoms in total. The van der Waals surface area contributed by atoms with Crippen LogP contribution in [0.1, 0.15) is 11.1 Å². The third kappa shape index (κ3) is 5.92. The molecule has 0 saturated carbocycles. The Hall–Kier alpha value is -1.95. The number of nitrogens with one attached hydrogen (secondary N) is 1. The van der Waals surface area contributed by atoms with Crippen LogP contribution in [-0.2, 0) is 20.5 Å². The van der Waals surface area contributed by atoms with Gasteiger partial charge in [0.15, 0.2) is 0 Å². The summed E-state index contributed by atoms with van der Waals surface area (Å²) >= 11 is 0. The van der Waals surface area contributed by atoms with Crippen LogP contribution in [0.2, 0.25) is 0 Å². The van der Waals surface area contributed by atoms with Gasteiger partial charge in [-0.3, -0.25) is 0 Å². The van der Waals surface area contributed by atoms with Gasteiger partial charge in [0, 0.05) is 7.11 Å². The van der Waals surface area contributed by atoms with Gasteiger partial charge in [0.25, 0.3) is 0 Å². The van der Waals surface area contributed by atoms with Crippen molar-refractivity contribution in [1.29, 1.82) is 0 Å². The molecule has 128 valence electrons. The molecular weight excluding hydrogens is 322 g/mol. The second kappa shape index (κ2) is 10.0. The number of anilines is 1. The molecule has 0 bridgehead atoms. The minimum absolute atomic E-state index is 0.513. The van der Waals surface area contributed by atoms with Gasteiger partial charge in [-0.05, 0) is 30.7 Å². The Bertz CT molecular complexity index is 683. The van der Waals surface area contributed by atoms with Crippen molar-refractivity contribution in [2.75, 3.05) is 31.7 Å². The highest BCUT2D eigenvalue weighted by Crippen LogP contribution is 2.19. The van der Waals surface area contributed by atoms with Crippen molar-refractivity contribution in [1.82, 2.24) is 0 Å². The minimum atomic E-state index is -1.30. The van der Waals surface area contributed by atoms with E-state index in [1.807, 2.05) is 67.6 Å². The molecule has 0 aromatic heterocycles. The van der Waals surface area contributed by atoms with E-state index >= 15 is 0 Å². The summed E-state index contributed by atoms with van der Waals surface area (Å²) in [5, 5.41) is 0. The molecule has 0 fully saturated rings. The summed E-state index contributed by atoms with van der Waals surface area (Å²) < 4.78 is 25.9. The lowest BCUT2D eigenvalue weighted by Crippen LogP contribution is -2.06. The summed E-state index contributed by atoms with van der Waals surface area (Å²) in [5.41, 5.74) is 2.94. The first-order valence-corrected chi connectivity index (χ1v) is 8.93. The highest BCUT2D eigenvalue weighted by Gasteiger charge is 2.06. The Labute approximate surface area is 146 Å². The number of aryl methyl sites for hydroxylation is 1. The second-order valence-corrected chi connectivity index (χ2v) is 6.45. The van der Waals surface area contributed by atoms with Gasteiger partial charge >= 0.3 is 0 Å². The maximum atomic E-state index is 12.5. The Balaban J connectivity index is 1.99. The number of hydrogen-bond acceptors (Lipinski definition) is 3. The highest BCUT2D eigenvalue weighted by molar-refractivity contribution is 7.86. The first-order valence-electron chi connectivity index (χ1n) is 7.78. The molecule has 24 heavy (non-hydrogen) atoms. The molecule has 0 spiro atoms. The molecule has 0 saturated heterocycles. The number of rotatable bonds is 9. The van der Waals surface area contributed by atoms with E-state index in [1.165, 1.54) is 0 Å². The molecular formula is C19H23NO3S. The van der Waals surface area contributed by atoms with E-state index in [-0.39, 0.29) is 0 Å². The smallest absolute Gasteiger partial charge is 0.150 e. The summed E-state index contributed by atoms with van der Waals surface area (Å²) in [7, 11) is 0.352. The maximum Gasteiger partial charge on any atom is 0.150 e. The standard InChI is InChI=1S/C19H23NO3S/c1-16-9-11-18(12-10-16)24(21)20-19-8-4-3-6-17(19)7-5-13-23-15-14-22-2/h3-12,20H,13-15H2,1-2H3/b7-5-. The summed E-state index contributed by atoms with van der Waals surface area (Å²) in [6, 6.07) is 15.4. The van der Waals surface area contributed by atoms with Gasteiger partial charge in [-0.25, -0.2) is 4.21 Å². The monoisotopic (exact) mass is 345 g/mol. The van der Waals surface area contributed by atoms with Crippen molar-refractivity contribution >= 4 is 22.7 Å². The third-order valence-corrected chi connectivity index (χ3v) is 4.45. The van der Waals surface area contributed by atoms with E-state index < -0.39 is 11.0 Å². The second-order valence-electron chi connectivity index (χ2n) is 5.24. The number of methoxy groups -OCH3 is 1. The first kappa shape index (κ1) is 18.4. The fourth-order valence-corrected chi connectivity index (χ4v) is 2.91. The van der Waals surface area contributed by atoms with Gasteiger partial charge in [-0.15, -0.1) is 0 Å². The zero-order chi connectivity index (χ0) is 17.2. The fourth-order valence-electron chi connectivity index (χ4n) is 2.02. The average Bonchev–Trinajstić information content (AvgIpc) is 2.60. The van der Waals surface area contributed by atoms with Crippen LogP contribution in [0.15, 0.2) is 59.5 Å². The number of ether oxygens (including phenoxy) is 2. The Kier molecular flexibility index (Phi) is 7.68. The molecule has 0 aliphatic rings. The van der Waals surface area contributed by atoms with Gasteiger partial charge in [0.1, 0.15) is 11.0 Å². The Morgan fingerprint density at radius 2 is 1.83 bits per heavy atom. The van der Waals surface area contributed by atoms with E-state index in [0.717, 1.165) is 21.7 Å². The zero-order valence-electron chi connectivity index (χ0n) is 14.0. The Morgan fingerprint density at radius 3 is 2.58 bits per heavy atom. The van der Waals surface area contributed by atoms with Crippen molar-refractivity contribution in [3.63, 3.8) is 0 Å². The quantitative estimate of drug-likeness (QED) is 0.703. The fraction of sp³-hybridized carbons (Fsp3) is 0.263. The summed E-state index contributed by atoms with van der Waals surface area (Å²) in [6.45, 7) is 3.67. The van der Waals surface area contributed by atoms with E-state index in [2.05, 4.69) is 4.72 Å². The van der Waals surface area contributed by atoms with E-state index in [9.17, 15) is 4.21 Å². The zero-order valence-corrected chi connectivity index (χ0v) is 14.8. The van der Waals surface area contributed by atoms with Crippen molar-refractivity contribution in [2.45, 2.75) is 11.8 Å². The molecule has 2 rings (SSSR count). The average molecular weight is 345 g/mol. The lowest BCUT2D eigenvalue weighted by atomic mass is 10.2. The SMILES string of the molecule is COCCOC/C=C\c1ccccc1NS(=O)c1ccc(C)cc1. The molecule has 2 aromatic rings. The molecule has 2 aromatic carbocycles. The lowest BCUT2D eigenvalue weighted by Gasteiger charge is -2.09. The van der Waals surface area contributed by atoms with Crippen molar-refractivity contribution in [3.05, 3.63) is 65.7 Å². The van der Waals surface area contributed by atoms with Crippen LogP contribution in [0.4, 0.5) is 5.69 Å². The maximum absolute atomic E-state index is 12.5. The first-order chi connectivity index (χ1) is 11.7. The predicted octanol–water partition coefficient (Wildman–Crippen LogP) is 3.81. The van der Waals surface area contributed by atoms with E-state index in [0.29, 0.717) is 19.8 Å². The van der Waals surface area contributed by atoms with Crippen LogP contribution < -0.4 is 4.72 Å². The Morgan fingerprint density at radius 1 is 1.08 bits per heavy atom. The van der Waals surface area contributed by atoms with Gasteiger partial charge in [-0.1, -0.05) is 48.0 Å². The van der Waals surface area contributed by atoms with Crippen LogP contribution in [-0.4, -0.2) is 31.1 Å². The van der Waals surface area contributed by atoms with Crippen LogP contribution in [0.25, 0.3) is 6.08 Å². The number of para-hydroxylation sites is 1. The summed E-state index contributed by atoms with van der Waals surface area (Å²) in [6.07, 6.45) is 3.90. The van der Waals surface area contributed by atoms with Gasteiger partial charge in [0.05, 0.1) is 30.4 Å². The van der Waals surface area contributed by atoms with Crippen LogP contribution in [0, 0.1) is 6.92 Å². The largest absolute Gasteiger partial charge is 0.382 e. The number of hydrogen-bond donors (Lipinski definition) is 1. The predicted molar refractivity (Wildman–Crippen MR) is 99.4 cm³/mol. The molecule has 1 N–H and O–H groups in total. The van der Waals surface area contributed by atoms with E-state index in [4.69, 9.17) is 9.47 Å². The normalized spacial score (nSPS) is 12.4. The van der Waals surface area contributed by atoms with Crippen LogP contribution in [0.5, 0.6) is 0 Å². The van der Waals surface area contributed by atoms with Crippen molar-refractivity contribution < 1.29 is 13.7 Å². The topological polar surface area (TPSA) is 47.6 Å². The molecule has 0 aliphatic carbocycles. The molecule has 0 aliphatic heterocycles. The van der Waals surface area contributed by atoms with Crippen LogP contribution >= 0.6 is 0 Å². The highest BCUT2D eigenvalue weighted by atomic mass is 32.2. The number of benzene rings is 2.